The van der Waals surface area contributed by atoms with Crippen molar-refractivity contribution in [1.82, 2.24) is 0 Å². The van der Waals surface area contributed by atoms with Crippen LogP contribution in [0.3, 0.4) is 0 Å². The molecule has 0 bridgehead atoms. The van der Waals surface area contributed by atoms with Gasteiger partial charge in [0.25, 0.3) is 5.91 Å². The molecule has 0 saturated carbocycles. The van der Waals surface area contributed by atoms with Gasteiger partial charge in [0.1, 0.15) is 18.0 Å². The van der Waals surface area contributed by atoms with Crippen molar-refractivity contribution in [3.8, 4) is 5.75 Å². The highest BCUT2D eigenvalue weighted by atomic mass is 16.6. The van der Waals surface area contributed by atoms with Gasteiger partial charge in [-0.1, -0.05) is 36.4 Å². The minimum Gasteiger partial charge on any atom is -0.489 e. The highest BCUT2D eigenvalue weighted by Gasteiger charge is 2.44. The quantitative estimate of drug-likeness (QED) is 0.592. The summed E-state index contributed by atoms with van der Waals surface area (Å²) in [6.45, 7) is 7.04. The van der Waals surface area contributed by atoms with E-state index in [0.29, 0.717) is 18.0 Å². The van der Waals surface area contributed by atoms with Crippen LogP contribution in [-0.4, -0.2) is 48.8 Å². The summed E-state index contributed by atoms with van der Waals surface area (Å²) >= 11 is 0. The second-order valence-corrected chi connectivity index (χ2v) is 8.62. The lowest BCUT2D eigenvalue weighted by atomic mass is 10.1. The maximum Gasteiger partial charge on any atom is 0.351 e. The highest BCUT2D eigenvalue weighted by Crippen LogP contribution is 2.26. The number of benzene rings is 2. The maximum atomic E-state index is 13.3. The summed E-state index contributed by atoms with van der Waals surface area (Å²) in [5.41, 5.74) is 0.786. The number of hydrogen-bond acceptors (Lipinski definition) is 7. The first kappa shape index (κ1) is 24.3. The first-order valence-electron chi connectivity index (χ1n) is 10.7. The molecule has 1 fully saturated rings. The predicted molar refractivity (Wildman–Crippen MR) is 121 cm³/mol. The first-order valence-corrected chi connectivity index (χ1v) is 10.7. The summed E-state index contributed by atoms with van der Waals surface area (Å²) in [6.07, 6.45) is -2.82. The summed E-state index contributed by atoms with van der Waals surface area (Å²) in [7, 11) is 0. The van der Waals surface area contributed by atoms with Crippen molar-refractivity contribution in [1.29, 1.82) is 0 Å². The maximum absolute atomic E-state index is 13.3. The summed E-state index contributed by atoms with van der Waals surface area (Å²) in [5.74, 6) is -1.46. The average molecular weight is 456 g/mol. The summed E-state index contributed by atoms with van der Waals surface area (Å²) in [4.78, 5) is 39.1. The molecule has 33 heavy (non-hydrogen) atoms. The van der Waals surface area contributed by atoms with Gasteiger partial charge in [-0.25, -0.2) is 4.79 Å². The fraction of sp³-hybridized carbons (Fsp3) is 0.400. The topological polar surface area (TPSA) is 91.4 Å². The molecule has 0 radical (unpaired) electrons. The van der Waals surface area contributed by atoms with Crippen LogP contribution < -0.4 is 9.64 Å². The first-order chi connectivity index (χ1) is 15.6. The Bertz CT molecular complexity index is 984. The van der Waals surface area contributed by atoms with Crippen LogP contribution >= 0.6 is 0 Å². The molecule has 1 heterocycles. The van der Waals surface area contributed by atoms with E-state index in [1.807, 2.05) is 30.3 Å². The number of carbonyl (C=O) groups is 3. The zero-order chi connectivity index (χ0) is 24.0. The molecule has 0 spiro atoms. The number of hydrogen-bond donors (Lipinski definition) is 0. The Labute approximate surface area is 193 Å². The van der Waals surface area contributed by atoms with Gasteiger partial charge in [0.15, 0.2) is 6.10 Å². The second kappa shape index (κ2) is 10.5. The Balaban J connectivity index is 1.77. The molecule has 1 amide bonds. The SMILES string of the molecule is CC(=O)OC(C(=O)OC(C)(C)C)C1OCCN(c2cccc(OCc3ccccc3)c2)C1=O. The van der Waals surface area contributed by atoms with E-state index in [-0.39, 0.29) is 13.2 Å². The van der Waals surface area contributed by atoms with Gasteiger partial charge in [-0.05, 0) is 38.5 Å². The molecule has 176 valence electrons. The van der Waals surface area contributed by atoms with Crippen molar-refractivity contribution >= 4 is 23.5 Å². The molecular formula is C25H29NO7. The van der Waals surface area contributed by atoms with Crippen molar-refractivity contribution in [3.05, 3.63) is 60.2 Å². The monoisotopic (exact) mass is 455 g/mol. The highest BCUT2D eigenvalue weighted by molar-refractivity contribution is 6.01. The van der Waals surface area contributed by atoms with E-state index in [4.69, 9.17) is 18.9 Å². The zero-order valence-corrected chi connectivity index (χ0v) is 19.3. The van der Waals surface area contributed by atoms with Gasteiger partial charge < -0.3 is 23.8 Å². The van der Waals surface area contributed by atoms with Gasteiger partial charge in [-0.3, -0.25) is 9.59 Å². The molecule has 0 N–H and O–H groups in total. The van der Waals surface area contributed by atoms with Crippen molar-refractivity contribution in [2.75, 3.05) is 18.1 Å². The van der Waals surface area contributed by atoms with Crippen LogP contribution in [0.4, 0.5) is 5.69 Å². The van der Waals surface area contributed by atoms with Crippen LogP contribution in [0.25, 0.3) is 0 Å². The Hall–Kier alpha value is -3.39. The number of nitrogens with zero attached hydrogens (tertiary/aromatic N) is 1. The van der Waals surface area contributed by atoms with Gasteiger partial charge in [-0.2, -0.15) is 0 Å². The number of anilines is 1. The standard InChI is InChI=1S/C25H29NO7/c1-17(27)32-22(24(29)33-25(2,3)4)21-23(28)26(13-14-30-21)19-11-8-12-20(15-19)31-16-18-9-6-5-7-10-18/h5-12,15,21-22H,13-14,16H2,1-4H3. The molecule has 2 unspecified atom stereocenters. The zero-order valence-electron chi connectivity index (χ0n) is 19.3. The predicted octanol–water partition coefficient (Wildman–Crippen LogP) is 3.27. The van der Waals surface area contributed by atoms with Crippen LogP contribution in [0.15, 0.2) is 54.6 Å². The van der Waals surface area contributed by atoms with E-state index in [2.05, 4.69) is 0 Å². The number of amides is 1. The summed E-state index contributed by atoms with van der Waals surface area (Å²) < 4.78 is 21.9. The number of morpholine rings is 1. The molecule has 3 rings (SSSR count). The van der Waals surface area contributed by atoms with E-state index < -0.39 is 35.7 Å². The molecule has 2 aromatic rings. The third-order valence-corrected chi connectivity index (χ3v) is 4.71. The average Bonchev–Trinajstić information content (AvgIpc) is 2.76. The molecule has 1 aliphatic rings. The minimum atomic E-state index is -1.51. The molecule has 8 heteroatoms. The van der Waals surface area contributed by atoms with Gasteiger partial charge in [0.2, 0.25) is 6.10 Å². The number of ether oxygens (including phenoxy) is 4. The molecule has 2 atom stereocenters. The summed E-state index contributed by atoms with van der Waals surface area (Å²) in [5, 5.41) is 0. The lowest BCUT2D eigenvalue weighted by molar-refractivity contribution is -0.188. The Kier molecular flexibility index (Phi) is 7.71. The van der Waals surface area contributed by atoms with Crippen molar-refractivity contribution < 1.29 is 33.3 Å². The van der Waals surface area contributed by atoms with Crippen molar-refractivity contribution in [2.45, 2.75) is 52.1 Å². The fourth-order valence-corrected chi connectivity index (χ4v) is 3.33. The molecule has 2 aromatic carbocycles. The Morgan fingerprint density at radius 3 is 2.52 bits per heavy atom. The molecular weight excluding hydrogens is 426 g/mol. The number of carbonyl (C=O) groups excluding carboxylic acids is 3. The van der Waals surface area contributed by atoms with E-state index in [9.17, 15) is 14.4 Å². The van der Waals surface area contributed by atoms with Crippen molar-refractivity contribution in [3.63, 3.8) is 0 Å². The smallest absolute Gasteiger partial charge is 0.351 e. The van der Waals surface area contributed by atoms with Gasteiger partial charge in [-0.15, -0.1) is 0 Å². The van der Waals surface area contributed by atoms with Gasteiger partial charge in [0.05, 0.1) is 6.61 Å². The van der Waals surface area contributed by atoms with Crippen LogP contribution in [-0.2, 0) is 35.2 Å². The molecule has 0 aromatic heterocycles. The lowest BCUT2D eigenvalue weighted by Crippen LogP contribution is -2.56. The molecule has 1 saturated heterocycles. The Morgan fingerprint density at radius 2 is 1.85 bits per heavy atom. The molecule has 0 aliphatic carbocycles. The largest absolute Gasteiger partial charge is 0.489 e. The van der Waals surface area contributed by atoms with E-state index in [1.165, 1.54) is 4.90 Å². The van der Waals surface area contributed by atoms with E-state index >= 15 is 0 Å². The van der Waals surface area contributed by atoms with Gasteiger partial charge in [0, 0.05) is 25.2 Å². The normalized spacial score (nSPS) is 17.3. The van der Waals surface area contributed by atoms with Crippen LogP contribution in [0.1, 0.15) is 33.3 Å². The second-order valence-electron chi connectivity index (χ2n) is 8.62. The van der Waals surface area contributed by atoms with Crippen LogP contribution in [0.2, 0.25) is 0 Å². The summed E-state index contributed by atoms with van der Waals surface area (Å²) in [6, 6.07) is 16.8. The number of rotatable bonds is 7. The van der Waals surface area contributed by atoms with Crippen LogP contribution in [0, 0.1) is 0 Å². The van der Waals surface area contributed by atoms with Gasteiger partial charge >= 0.3 is 11.9 Å². The minimum absolute atomic E-state index is 0.159. The third kappa shape index (κ3) is 6.79. The van der Waals surface area contributed by atoms with E-state index in [1.54, 1.807) is 45.0 Å². The fourth-order valence-electron chi connectivity index (χ4n) is 3.33. The lowest BCUT2D eigenvalue weighted by Gasteiger charge is -2.35. The van der Waals surface area contributed by atoms with E-state index in [0.717, 1.165) is 12.5 Å². The van der Waals surface area contributed by atoms with Crippen molar-refractivity contribution in [2.24, 2.45) is 0 Å². The molecule has 1 aliphatic heterocycles. The number of esters is 2. The van der Waals surface area contributed by atoms with Crippen LogP contribution in [0.5, 0.6) is 5.75 Å². The Morgan fingerprint density at radius 1 is 1.12 bits per heavy atom. The molecule has 8 nitrogen and oxygen atoms in total. The third-order valence-electron chi connectivity index (χ3n) is 4.71.